The molecule has 8 nitrogen and oxygen atoms in total. The number of hydrogen-bond donors (Lipinski definition) is 3. The number of carbonyl (C=O) groups is 1. The summed E-state index contributed by atoms with van der Waals surface area (Å²) in [5.41, 5.74) is 5.71. The molecule has 1 fully saturated rings. The number of anilines is 1. The van der Waals surface area contributed by atoms with Gasteiger partial charge in [-0.15, -0.1) is 0 Å². The molecule has 1 saturated heterocycles. The molecule has 1 aromatic heterocycles. The quantitative estimate of drug-likeness (QED) is 0.690. The van der Waals surface area contributed by atoms with Crippen LogP contribution in [0.15, 0.2) is 23.4 Å². The number of aryl methyl sites for hydroxylation is 2. The molecule has 0 radical (unpaired) electrons. The van der Waals surface area contributed by atoms with Crippen LogP contribution in [0.4, 0.5) is 10.5 Å². The van der Waals surface area contributed by atoms with Gasteiger partial charge >= 0.3 is 6.03 Å². The molecule has 9 heteroatoms. The van der Waals surface area contributed by atoms with Gasteiger partial charge in [-0.3, -0.25) is 4.68 Å². The highest BCUT2D eigenvalue weighted by Crippen LogP contribution is 2.38. The van der Waals surface area contributed by atoms with E-state index in [1.165, 1.54) is 17.2 Å². The van der Waals surface area contributed by atoms with E-state index in [-0.39, 0.29) is 5.03 Å². The van der Waals surface area contributed by atoms with Crippen LogP contribution < -0.4 is 15.4 Å². The summed E-state index contributed by atoms with van der Waals surface area (Å²) in [4.78, 5) is 12.6. The first-order valence-electron chi connectivity index (χ1n) is 10.3. The minimum absolute atomic E-state index is 0.143. The predicted octanol–water partition coefficient (Wildman–Crippen LogP) is 1.73. The van der Waals surface area contributed by atoms with E-state index in [0.29, 0.717) is 12.6 Å². The minimum atomic E-state index is -4.03. The van der Waals surface area contributed by atoms with E-state index in [2.05, 4.69) is 26.5 Å². The molecule has 1 atom stereocenters. The Morgan fingerprint density at radius 3 is 2.48 bits per heavy atom. The third-order valence-corrected chi connectivity index (χ3v) is 7.39. The highest BCUT2D eigenvalue weighted by molar-refractivity contribution is 7.90. The number of sulfonamides is 1. The van der Waals surface area contributed by atoms with Crippen molar-refractivity contribution in [3.63, 3.8) is 0 Å². The minimum Gasteiger partial charge on any atom is -0.312 e. The lowest BCUT2D eigenvalue weighted by Gasteiger charge is -2.27. The van der Waals surface area contributed by atoms with Crippen LogP contribution in [0.1, 0.15) is 41.5 Å². The lowest BCUT2D eigenvalue weighted by Crippen LogP contribution is -2.45. The van der Waals surface area contributed by atoms with Gasteiger partial charge in [-0.05, 0) is 79.8 Å². The van der Waals surface area contributed by atoms with Crippen molar-refractivity contribution < 1.29 is 13.2 Å². The van der Waals surface area contributed by atoms with Gasteiger partial charge in [0.25, 0.3) is 10.0 Å². The van der Waals surface area contributed by atoms with Crippen LogP contribution in [0.25, 0.3) is 0 Å². The maximum atomic E-state index is 12.6. The highest BCUT2D eigenvalue weighted by atomic mass is 32.2. The maximum Gasteiger partial charge on any atom is 0.333 e. The van der Waals surface area contributed by atoms with Crippen molar-refractivity contribution in [2.75, 3.05) is 11.9 Å². The second-order valence-electron chi connectivity index (χ2n) is 8.11. The molecule has 5 rings (SSSR count). The summed E-state index contributed by atoms with van der Waals surface area (Å²) in [7, 11) is -4.03. The summed E-state index contributed by atoms with van der Waals surface area (Å²) in [6.07, 6.45) is 8.70. The van der Waals surface area contributed by atoms with E-state index in [9.17, 15) is 13.2 Å². The van der Waals surface area contributed by atoms with Crippen molar-refractivity contribution in [3.8, 4) is 0 Å². The highest BCUT2D eigenvalue weighted by Gasteiger charge is 2.27. The van der Waals surface area contributed by atoms with Crippen molar-refractivity contribution in [2.45, 2.75) is 62.6 Å². The van der Waals surface area contributed by atoms with E-state index in [1.807, 2.05) is 0 Å². The summed E-state index contributed by atoms with van der Waals surface area (Å²) in [5, 5.41) is 10.1. The van der Waals surface area contributed by atoms with E-state index in [0.717, 1.165) is 68.3 Å². The second kappa shape index (κ2) is 7.14. The van der Waals surface area contributed by atoms with Crippen LogP contribution in [0.5, 0.6) is 0 Å². The number of nitrogens with zero attached hydrogens (tertiary/aromatic N) is 2. The fourth-order valence-corrected chi connectivity index (χ4v) is 5.45. The summed E-state index contributed by atoms with van der Waals surface area (Å²) >= 11 is 0. The number of aromatic nitrogens is 2. The van der Waals surface area contributed by atoms with Gasteiger partial charge in [0.05, 0.1) is 6.54 Å². The fraction of sp³-hybridized carbons (Fsp3) is 0.500. The third-order valence-electron chi connectivity index (χ3n) is 6.16. The van der Waals surface area contributed by atoms with Gasteiger partial charge in [0.15, 0.2) is 5.03 Å². The number of fused-ring (bicyclic) bond motifs is 2. The van der Waals surface area contributed by atoms with Gasteiger partial charge in [-0.25, -0.2) is 9.52 Å². The van der Waals surface area contributed by atoms with Gasteiger partial charge in [0.1, 0.15) is 0 Å². The molecule has 2 aliphatic carbocycles. The van der Waals surface area contributed by atoms with Gasteiger partial charge < -0.3 is 10.6 Å². The summed E-state index contributed by atoms with van der Waals surface area (Å²) in [6.45, 7) is 1.59. The van der Waals surface area contributed by atoms with Crippen LogP contribution in [-0.2, 0) is 42.3 Å². The molecular weight excluding hydrogens is 390 g/mol. The first kappa shape index (κ1) is 18.6. The number of amides is 2. The fourth-order valence-electron chi connectivity index (χ4n) is 4.60. The standard InChI is InChI=1S/C20H25N5O3S/c26-20(22-19-16-5-1-3-13(16)11-14-4-2-6-17(14)19)24-29(27,28)18-8-10-25(23-18)12-15-7-9-21-15/h8,10-11,15,21H,1-7,9,12H2,(H2,22,24,26)/t15-/m0/s1. The third kappa shape index (κ3) is 3.53. The molecule has 0 spiro atoms. The number of rotatable bonds is 5. The van der Waals surface area contributed by atoms with Crippen LogP contribution in [0.3, 0.4) is 0 Å². The topological polar surface area (TPSA) is 105 Å². The molecule has 0 bridgehead atoms. The molecule has 0 saturated carbocycles. The van der Waals surface area contributed by atoms with Crippen molar-refractivity contribution in [3.05, 3.63) is 40.6 Å². The number of carbonyl (C=O) groups excluding carboxylic acids is 1. The molecular formula is C20H25N5O3S. The second-order valence-corrected chi connectivity index (χ2v) is 9.74. The lowest BCUT2D eigenvalue weighted by molar-refractivity contribution is 0.256. The molecule has 2 amide bonds. The van der Waals surface area contributed by atoms with Gasteiger partial charge in [-0.1, -0.05) is 6.07 Å². The lowest BCUT2D eigenvalue weighted by atomic mass is 9.99. The summed E-state index contributed by atoms with van der Waals surface area (Å²) in [5.74, 6) is 0. The van der Waals surface area contributed by atoms with Crippen molar-refractivity contribution >= 4 is 21.7 Å². The largest absolute Gasteiger partial charge is 0.333 e. The molecule has 1 aromatic carbocycles. The average Bonchev–Trinajstić information content (AvgIpc) is 3.37. The van der Waals surface area contributed by atoms with Crippen LogP contribution in [-0.4, -0.2) is 36.8 Å². The SMILES string of the molecule is O=C(Nc1c2c(cc3c1CCC3)CCC2)NS(=O)(=O)c1ccn(C[C@@H]2CCN2)n1. The van der Waals surface area contributed by atoms with Gasteiger partial charge in [-0.2, -0.15) is 13.5 Å². The average molecular weight is 416 g/mol. The van der Waals surface area contributed by atoms with Gasteiger partial charge in [0, 0.05) is 17.9 Å². The zero-order valence-electron chi connectivity index (χ0n) is 16.2. The molecule has 2 aromatic rings. The molecule has 2 heterocycles. The van der Waals surface area contributed by atoms with Crippen LogP contribution in [0, 0.1) is 0 Å². The Kier molecular flexibility index (Phi) is 4.59. The molecule has 3 aliphatic rings. The van der Waals surface area contributed by atoms with Crippen molar-refractivity contribution in [1.29, 1.82) is 0 Å². The Morgan fingerprint density at radius 1 is 1.17 bits per heavy atom. The number of benzene rings is 1. The monoisotopic (exact) mass is 415 g/mol. The molecule has 29 heavy (non-hydrogen) atoms. The van der Waals surface area contributed by atoms with E-state index < -0.39 is 16.1 Å². The van der Waals surface area contributed by atoms with Crippen LogP contribution >= 0.6 is 0 Å². The van der Waals surface area contributed by atoms with Crippen LogP contribution in [0.2, 0.25) is 0 Å². The number of urea groups is 1. The zero-order valence-corrected chi connectivity index (χ0v) is 17.0. The Hall–Kier alpha value is -2.39. The Balaban J connectivity index is 1.32. The Bertz CT molecular complexity index is 1040. The molecule has 3 N–H and O–H groups in total. The molecule has 154 valence electrons. The summed E-state index contributed by atoms with van der Waals surface area (Å²) < 4.78 is 29.0. The molecule has 1 aliphatic heterocycles. The predicted molar refractivity (Wildman–Crippen MR) is 108 cm³/mol. The van der Waals surface area contributed by atoms with E-state index in [4.69, 9.17) is 0 Å². The van der Waals surface area contributed by atoms with Crippen molar-refractivity contribution in [1.82, 2.24) is 19.8 Å². The first-order valence-corrected chi connectivity index (χ1v) is 11.7. The number of nitrogens with one attached hydrogen (secondary N) is 3. The first-order chi connectivity index (χ1) is 14.0. The van der Waals surface area contributed by atoms with E-state index >= 15 is 0 Å². The smallest absolute Gasteiger partial charge is 0.312 e. The summed E-state index contributed by atoms with van der Waals surface area (Å²) in [6, 6.07) is 3.29. The zero-order chi connectivity index (χ0) is 20.0. The number of hydrogen-bond acceptors (Lipinski definition) is 5. The Morgan fingerprint density at radius 2 is 1.86 bits per heavy atom. The van der Waals surface area contributed by atoms with E-state index in [1.54, 1.807) is 10.9 Å². The molecule has 0 unspecified atom stereocenters. The normalized spacial score (nSPS) is 20.1. The van der Waals surface area contributed by atoms with Crippen molar-refractivity contribution in [2.24, 2.45) is 0 Å². The maximum absolute atomic E-state index is 12.6. The Labute approximate surface area is 170 Å². The van der Waals surface area contributed by atoms with Gasteiger partial charge in [0.2, 0.25) is 0 Å².